The van der Waals surface area contributed by atoms with Crippen LogP contribution in [-0.4, -0.2) is 37.8 Å². The van der Waals surface area contributed by atoms with Crippen LogP contribution in [0.1, 0.15) is 31.2 Å². The largest absolute Gasteiger partial charge is 0.357 e. The van der Waals surface area contributed by atoms with E-state index in [0.717, 1.165) is 50.2 Å². The first kappa shape index (κ1) is 13.8. The Balaban J connectivity index is 1.55. The van der Waals surface area contributed by atoms with Gasteiger partial charge in [-0.05, 0) is 44.2 Å². The van der Waals surface area contributed by atoms with Crippen LogP contribution >= 0.6 is 0 Å². The summed E-state index contributed by atoms with van der Waals surface area (Å²) in [5, 5.41) is -0.126. The summed E-state index contributed by atoms with van der Waals surface area (Å²) in [4.78, 5) is 6.65. The summed E-state index contributed by atoms with van der Waals surface area (Å²) >= 11 is 0. The topological polar surface area (TPSA) is 62.3 Å². The Bertz CT molecular complexity index is 559. The van der Waals surface area contributed by atoms with Gasteiger partial charge in [0.05, 0.1) is 5.25 Å². The van der Waals surface area contributed by atoms with Crippen molar-refractivity contribution in [3.8, 4) is 0 Å². The van der Waals surface area contributed by atoms with Crippen molar-refractivity contribution in [2.24, 2.45) is 0 Å². The fourth-order valence-electron chi connectivity index (χ4n) is 2.58. The van der Waals surface area contributed by atoms with E-state index in [0.29, 0.717) is 0 Å². The summed E-state index contributed by atoms with van der Waals surface area (Å²) in [7, 11) is -3.06. The monoisotopic (exact) mass is 295 g/mol. The fraction of sp³-hybridized carbons (Fsp3) is 0.643. The predicted molar refractivity (Wildman–Crippen MR) is 79.3 cm³/mol. The molecular formula is C14H21N3O2S. The van der Waals surface area contributed by atoms with Gasteiger partial charge in [-0.15, -0.1) is 0 Å². The summed E-state index contributed by atoms with van der Waals surface area (Å²) in [6.07, 6.45) is 5.21. The van der Waals surface area contributed by atoms with Gasteiger partial charge in [0.1, 0.15) is 5.82 Å². The highest BCUT2D eigenvalue weighted by molar-refractivity contribution is 7.90. The van der Waals surface area contributed by atoms with Gasteiger partial charge in [0.15, 0.2) is 0 Å². The van der Waals surface area contributed by atoms with Gasteiger partial charge in [0.25, 0.3) is 0 Å². The van der Waals surface area contributed by atoms with Gasteiger partial charge in [0.2, 0.25) is 10.0 Å². The van der Waals surface area contributed by atoms with Gasteiger partial charge >= 0.3 is 0 Å². The molecule has 5 nitrogen and oxygen atoms in total. The van der Waals surface area contributed by atoms with Crippen molar-refractivity contribution in [3.63, 3.8) is 0 Å². The Morgan fingerprint density at radius 1 is 1.20 bits per heavy atom. The molecule has 0 bridgehead atoms. The maximum atomic E-state index is 11.9. The van der Waals surface area contributed by atoms with Crippen LogP contribution in [0.15, 0.2) is 18.3 Å². The normalized spacial score (nSPS) is 21.1. The number of piperidine rings is 1. The third kappa shape index (κ3) is 3.12. The molecule has 0 radical (unpaired) electrons. The van der Waals surface area contributed by atoms with Crippen LogP contribution in [0.25, 0.3) is 0 Å². The van der Waals surface area contributed by atoms with E-state index in [1.54, 1.807) is 0 Å². The number of pyridine rings is 1. The molecule has 1 aliphatic carbocycles. The summed E-state index contributed by atoms with van der Waals surface area (Å²) in [6.45, 7) is 3.73. The smallest absolute Gasteiger partial charge is 0.214 e. The molecular weight excluding hydrogens is 274 g/mol. The first-order valence-electron chi connectivity index (χ1n) is 7.23. The van der Waals surface area contributed by atoms with E-state index >= 15 is 0 Å². The van der Waals surface area contributed by atoms with Gasteiger partial charge < -0.3 is 4.90 Å². The van der Waals surface area contributed by atoms with Gasteiger partial charge in [-0.2, -0.15) is 0 Å². The lowest BCUT2D eigenvalue weighted by molar-refractivity contribution is 0.458. The molecule has 20 heavy (non-hydrogen) atoms. The standard InChI is InChI=1S/C14H21N3O2S/c1-11-2-5-14(15-10-11)17-8-6-12(7-9-17)16-20(18,19)13-3-4-13/h2,5,10,12-13,16H,3-4,6-9H2,1H3. The SMILES string of the molecule is Cc1ccc(N2CCC(NS(=O)(=O)C3CC3)CC2)nc1. The number of hydrogen-bond acceptors (Lipinski definition) is 4. The minimum Gasteiger partial charge on any atom is -0.357 e. The zero-order valence-corrected chi connectivity index (χ0v) is 12.6. The van der Waals surface area contributed by atoms with Crippen molar-refractivity contribution < 1.29 is 8.42 Å². The van der Waals surface area contributed by atoms with Crippen molar-refractivity contribution in [3.05, 3.63) is 23.9 Å². The molecule has 6 heteroatoms. The summed E-state index contributed by atoms with van der Waals surface area (Å²) < 4.78 is 26.7. The van der Waals surface area contributed by atoms with Crippen LogP contribution in [0.4, 0.5) is 5.82 Å². The number of nitrogens with one attached hydrogen (secondary N) is 1. The summed E-state index contributed by atoms with van der Waals surface area (Å²) in [5.41, 5.74) is 1.15. The molecule has 0 aromatic carbocycles. The van der Waals surface area contributed by atoms with Crippen molar-refractivity contribution >= 4 is 15.8 Å². The van der Waals surface area contributed by atoms with Crippen LogP contribution in [0.3, 0.4) is 0 Å². The number of sulfonamides is 1. The Labute approximate surface area is 120 Å². The molecule has 0 unspecified atom stereocenters. The van der Waals surface area contributed by atoms with Crippen molar-refractivity contribution in [2.45, 2.75) is 43.9 Å². The second-order valence-corrected chi connectivity index (χ2v) is 7.81. The van der Waals surface area contributed by atoms with Gasteiger partial charge in [0, 0.05) is 25.3 Å². The second-order valence-electron chi connectivity index (χ2n) is 5.82. The highest BCUT2D eigenvalue weighted by Gasteiger charge is 2.37. The molecule has 0 amide bonds. The van der Waals surface area contributed by atoms with Crippen molar-refractivity contribution in [1.29, 1.82) is 0 Å². The number of nitrogens with zero attached hydrogens (tertiary/aromatic N) is 2. The molecule has 1 saturated heterocycles. The van der Waals surface area contributed by atoms with Crippen molar-refractivity contribution in [1.82, 2.24) is 9.71 Å². The minimum atomic E-state index is -3.06. The molecule has 1 aromatic heterocycles. The molecule has 0 spiro atoms. The Morgan fingerprint density at radius 2 is 1.90 bits per heavy atom. The highest BCUT2D eigenvalue weighted by Crippen LogP contribution is 2.28. The lowest BCUT2D eigenvalue weighted by Crippen LogP contribution is -2.45. The molecule has 1 aliphatic heterocycles. The van der Waals surface area contributed by atoms with Gasteiger partial charge in [-0.25, -0.2) is 18.1 Å². The molecule has 2 heterocycles. The molecule has 1 N–H and O–H groups in total. The minimum absolute atomic E-state index is 0.0855. The third-order valence-electron chi connectivity index (χ3n) is 4.01. The second kappa shape index (κ2) is 5.33. The van der Waals surface area contributed by atoms with E-state index in [9.17, 15) is 8.42 Å². The van der Waals surface area contributed by atoms with Crippen LogP contribution in [0.2, 0.25) is 0 Å². The molecule has 110 valence electrons. The summed E-state index contributed by atoms with van der Waals surface area (Å²) in [6, 6.07) is 4.18. The maximum Gasteiger partial charge on any atom is 0.214 e. The molecule has 1 saturated carbocycles. The number of anilines is 1. The lowest BCUT2D eigenvalue weighted by atomic mass is 10.1. The maximum absolute atomic E-state index is 11.9. The molecule has 0 atom stereocenters. The first-order valence-corrected chi connectivity index (χ1v) is 8.78. The van der Waals surface area contributed by atoms with Gasteiger partial charge in [-0.3, -0.25) is 0 Å². The van der Waals surface area contributed by atoms with Crippen LogP contribution in [0.5, 0.6) is 0 Å². The van der Waals surface area contributed by atoms with Crippen LogP contribution in [-0.2, 0) is 10.0 Å². The Kier molecular flexibility index (Phi) is 3.69. The fourth-order valence-corrected chi connectivity index (χ4v) is 4.23. The Hall–Kier alpha value is -1.14. The first-order chi connectivity index (χ1) is 9.54. The zero-order chi connectivity index (χ0) is 14.2. The Morgan fingerprint density at radius 3 is 2.45 bits per heavy atom. The van der Waals surface area contributed by atoms with Crippen LogP contribution in [0, 0.1) is 6.92 Å². The van der Waals surface area contributed by atoms with E-state index < -0.39 is 10.0 Å². The molecule has 1 aromatic rings. The quantitative estimate of drug-likeness (QED) is 0.913. The van der Waals surface area contributed by atoms with E-state index in [2.05, 4.69) is 20.7 Å². The third-order valence-corrected chi connectivity index (χ3v) is 6.02. The zero-order valence-electron chi connectivity index (χ0n) is 11.7. The molecule has 3 rings (SSSR count). The number of hydrogen-bond donors (Lipinski definition) is 1. The number of aryl methyl sites for hydroxylation is 1. The van der Waals surface area contributed by atoms with E-state index in [1.807, 2.05) is 19.2 Å². The van der Waals surface area contributed by atoms with E-state index in [4.69, 9.17) is 0 Å². The average molecular weight is 295 g/mol. The lowest BCUT2D eigenvalue weighted by Gasteiger charge is -2.33. The molecule has 2 aliphatic rings. The number of aromatic nitrogens is 1. The van der Waals surface area contributed by atoms with E-state index in [-0.39, 0.29) is 11.3 Å². The summed E-state index contributed by atoms with van der Waals surface area (Å²) in [5.74, 6) is 0.985. The van der Waals surface area contributed by atoms with E-state index in [1.165, 1.54) is 0 Å². The number of rotatable bonds is 4. The molecule has 2 fully saturated rings. The predicted octanol–water partition coefficient (Wildman–Crippen LogP) is 1.44. The van der Waals surface area contributed by atoms with Gasteiger partial charge in [-0.1, -0.05) is 6.07 Å². The van der Waals surface area contributed by atoms with Crippen molar-refractivity contribution in [2.75, 3.05) is 18.0 Å². The highest BCUT2D eigenvalue weighted by atomic mass is 32.2. The average Bonchev–Trinajstić information content (AvgIpc) is 3.25. The van der Waals surface area contributed by atoms with Crippen LogP contribution < -0.4 is 9.62 Å².